The first-order chi connectivity index (χ1) is 5.37. The third-order valence-electron chi connectivity index (χ3n) is 0.988. The van der Waals surface area contributed by atoms with Crippen LogP contribution in [0.3, 0.4) is 0 Å². The van der Waals surface area contributed by atoms with Gasteiger partial charge >= 0.3 is 5.97 Å². The topological polar surface area (TPSA) is 49.3 Å². The van der Waals surface area contributed by atoms with E-state index in [1.165, 1.54) is 11.9 Å². The Morgan fingerprint density at radius 1 is 1.67 bits per heavy atom. The highest BCUT2D eigenvalue weighted by Crippen LogP contribution is 2.20. The van der Waals surface area contributed by atoms with Gasteiger partial charge in [0.15, 0.2) is 0 Å². The van der Waals surface area contributed by atoms with Crippen LogP contribution in [0.4, 0.5) is 0 Å². The van der Waals surface area contributed by atoms with Gasteiger partial charge in [-0.2, -0.15) is 12.6 Å². The molecule has 0 aliphatic heterocycles. The summed E-state index contributed by atoms with van der Waals surface area (Å²) in [7, 11) is 0. The van der Waals surface area contributed by atoms with Crippen molar-refractivity contribution in [3.8, 4) is 0 Å². The van der Waals surface area contributed by atoms with Crippen LogP contribution in [0.15, 0.2) is 0 Å². The van der Waals surface area contributed by atoms with Gasteiger partial charge in [-0.15, -0.1) is 0 Å². The molecule has 0 bridgehead atoms. The normalized spacial score (nSPS) is 14.3. The van der Waals surface area contributed by atoms with Gasteiger partial charge in [-0.3, -0.25) is 4.79 Å². The zero-order valence-electron chi connectivity index (χ0n) is 7.50. The Balaban J connectivity index is 3.81. The van der Waals surface area contributed by atoms with Crippen molar-refractivity contribution < 1.29 is 9.90 Å². The molecule has 0 aromatic carbocycles. The molecule has 0 spiro atoms. The molecule has 0 aliphatic carbocycles. The minimum absolute atomic E-state index is 0.0245. The summed E-state index contributed by atoms with van der Waals surface area (Å²) >= 11 is 5.34. The molecular formula is C7H15NO2S2. The molecule has 3 nitrogen and oxygen atoms in total. The van der Waals surface area contributed by atoms with Gasteiger partial charge in [-0.1, -0.05) is 11.9 Å². The van der Waals surface area contributed by atoms with Gasteiger partial charge in [0.05, 0.1) is 0 Å². The second-order valence-corrected chi connectivity index (χ2v) is 5.44. The molecule has 2 N–H and O–H groups in total. The smallest absolute Gasteiger partial charge is 0.322 e. The Labute approximate surface area is 82.8 Å². The summed E-state index contributed by atoms with van der Waals surface area (Å²) in [5.41, 5.74) is 0. The lowest BCUT2D eigenvalue weighted by atomic mass is 10.3. The Kier molecular flexibility index (Phi) is 5.04. The third-order valence-corrected chi connectivity index (χ3v) is 2.37. The maximum Gasteiger partial charge on any atom is 0.322 e. The molecule has 0 heterocycles. The molecule has 1 atom stereocenters. The lowest BCUT2D eigenvalue weighted by molar-refractivity contribution is -0.138. The first kappa shape index (κ1) is 12.1. The number of aliphatic carboxylic acids is 1. The molecule has 5 heteroatoms. The Morgan fingerprint density at radius 3 is 2.42 bits per heavy atom. The molecule has 0 aromatic heterocycles. The summed E-state index contributed by atoms with van der Waals surface area (Å²) in [6, 6.07) is -0.572. The molecule has 0 amide bonds. The lowest BCUT2D eigenvalue weighted by Crippen LogP contribution is -2.36. The maximum atomic E-state index is 10.5. The molecule has 0 rings (SSSR count). The van der Waals surface area contributed by atoms with Crippen LogP contribution in [-0.2, 0) is 4.79 Å². The van der Waals surface area contributed by atoms with Crippen molar-refractivity contribution in [1.29, 1.82) is 0 Å². The number of hydrogen-bond acceptors (Lipinski definition) is 4. The third kappa shape index (κ3) is 5.74. The standard InChI is InChI=1S/C7H15NO2S2/c1-7(2,3)12-8-5(4-11)6(9)10/h5,8,11H,4H2,1-3H3,(H,9,10)/t5-/m1/s1. The van der Waals surface area contributed by atoms with Crippen LogP contribution >= 0.6 is 24.6 Å². The fourth-order valence-corrected chi connectivity index (χ4v) is 1.46. The number of carbonyl (C=O) groups is 1. The Morgan fingerprint density at radius 2 is 2.17 bits per heavy atom. The number of rotatable bonds is 4. The van der Waals surface area contributed by atoms with E-state index in [2.05, 4.69) is 17.4 Å². The number of carboxylic acids is 1. The van der Waals surface area contributed by atoms with Crippen LogP contribution in [0.25, 0.3) is 0 Å². The van der Waals surface area contributed by atoms with Gasteiger partial charge < -0.3 is 5.11 Å². The summed E-state index contributed by atoms with van der Waals surface area (Å²) in [4.78, 5) is 10.5. The summed E-state index contributed by atoms with van der Waals surface area (Å²) < 4.78 is 2.87. The van der Waals surface area contributed by atoms with Crippen LogP contribution in [0.2, 0.25) is 0 Å². The second-order valence-electron chi connectivity index (χ2n) is 3.41. The van der Waals surface area contributed by atoms with Crippen LogP contribution in [-0.4, -0.2) is 27.6 Å². The minimum Gasteiger partial charge on any atom is -0.480 e. The van der Waals surface area contributed by atoms with Gasteiger partial charge in [-0.25, -0.2) is 4.72 Å². The summed E-state index contributed by atoms with van der Waals surface area (Å²) in [5, 5.41) is 8.65. The zero-order valence-corrected chi connectivity index (χ0v) is 9.21. The quantitative estimate of drug-likeness (QED) is 0.484. The van der Waals surface area contributed by atoms with Crippen molar-refractivity contribution in [2.75, 3.05) is 5.75 Å². The van der Waals surface area contributed by atoms with Crippen molar-refractivity contribution in [3.63, 3.8) is 0 Å². The predicted octanol–water partition coefficient (Wildman–Crippen LogP) is 1.41. The number of carboxylic acid groups (broad SMARTS) is 1. The van der Waals surface area contributed by atoms with Crippen molar-refractivity contribution in [2.45, 2.75) is 31.6 Å². The molecule has 0 aliphatic rings. The highest BCUT2D eigenvalue weighted by Gasteiger charge is 2.18. The molecule has 72 valence electrons. The van der Waals surface area contributed by atoms with E-state index >= 15 is 0 Å². The fraction of sp³-hybridized carbons (Fsp3) is 0.857. The summed E-state index contributed by atoms with van der Waals surface area (Å²) in [6.45, 7) is 6.05. The van der Waals surface area contributed by atoms with Crippen LogP contribution < -0.4 is 4.72 Å². The molecule has 12 heavy (non-hydrogen) atoms. The van der Waals surface area contributed by atoms with E-state index in [1.807, 2.05) is 20.8 Å². The highest BCUT2D eigenvalue weighted by molar-refractivity contribution is 7.98. The van der Waals surface area contributed by atoms with E-state index in [9.17, 15) is 4.79 Å². The molecule has 0 saturated heterocycles. The van der Waals surface area contributed by atoms with Crippen molar-refractivity contribution in [1.82, 2.24) is 4.72 Å². The predicted molar refractivity (Wildman–Crippen MR) is 55.8 cm³/mol. The first-order valence-corrected chi connectivity index (χ1v) is 5.09. The van der Waals surface area contributed by atoms with E-state index in [-0.39, 0.29) is 4.75 Å². The Hall–Kier alpha value is 0.130. The van der Waals surface area contributed by atoms with Gasteiger partial charge in [0.25, 0.3) is 0 Å². The lowest BCUT2D eigenvalue weighted by Gasteiger charge is -2.20. The highest BCUT2D eigenvalue weighted by atomic mass is 32.2. The van der Waals surface area contributed by atoms with Crippen molar-refractivity contribution in [2.24, 2.45) is 0 Å². The largest absolute Gasteiger partial charge is 0.480 e. The van der Waals surface area contributed by atoms with E-state index in [0.717, 1.165) is 0 Å². The summed E-state index contributed by atoms with van der Waals surface area (Å²) in [5.74, 6) is -0.556. The van der Waals surface area contributed by atoms with E-state index in [0.29, 0.717) is 5.75 Å². The van der Waals surface area contributed by atoms with Crippen LogP contribution in [0.5, 0.6) is 0 Å². The molecule has 0 radical (unpaired) electrons. The Bertz CT molecular complexity index is 156. The molecule has 0 unspecified atom stereocenters. The van der Waals surface area contributed by atoms with Crippen LogP contribution in [0.1, 0.15) is 20.8 Å². The molecular weight excluding hydrogens is 194 g/mol. The van der Waals surface area contributed by atoms with Gasteiger partial charge in [0.2, 0.25) is 0 Å². The van der Waals surface area contributed by atoms with Crippen molar-refractivity contribution in [3.05, 3.63) is 0 Å². The van der Waals surface area contributed by atoms with Gasteiger partial charge in [0.1, 0.15) is 6.04 Å². The fourth-order valence-electron chi connectivity index (χ4n) is 0.414. The van der Waals surface area contributed by atoms with Crippen LogP contribution in [0, 0.1) is 0 Å². The summed E-state index contributed by atoms with van der Waals surface area (Å²) in [6.07, 6.45) is 0. The van der Waals surface area contributed by atoms with Crippen molar-refractivity contribution >= 4 is 30.5 Å². The molecule has 0 fully saturated rings. The van der Waals surface area contributed by atoms with Gasteiger partial charge in [0, 0.05) is 10.5 Å². The van der Waals surface area contributed by atoms with E-state index < -0.39 is 12.0 Å². The minimum atomic E-state index is -0.859. The SMILES string of the molecule is CC(C)(C)SN[C@H](CS)C(=O)O. The number of nitrogens with one attached hydrogen (secondary N) is 1. The monoisotopic (exact) mass is 209 g/mol. The van der Waals surface area contributed by atoms with E-state index in [4.69, 9.17) is 5.11 Å². The van der Waals surface area contributed by atoms with E-state index in [1.54, 1.807) is 0 Å². The number of hydrogen-bond donors (Lipinski definition) is 3. The maximum absolute atomic E-state index is 10.5. The second kappa shape index (κ2) is 4.99. The number of thiol groups is 1. The first-order valence-electron chi connectivity index (χ1n) is 3.64. The molecule has 0 aromatic rings. The zero-order chi connectivity index (χ0) is 9.78. The average molecular weight is 209 g/mol. The average Bonchev–Trinajstić information content (AvgIpc) is 1.85. The molecule has 0 saturated carbocycles. The van der Waals surface area contributed by atoms with Gasteiger partial charge in [-0.05, 0) is 20.8 Å².